The van der Waals surface area contributed by atoms with Gasteiger partial charge in [-0.2, -0.15) is 0 Å². The van der Waals surface area contributed by atoms with Gasteiger partial charge in [-0.3, -0.25) is 4.98 Å². The van der Waals surface area contributed by atoms with Crippen LogP contribution in [0, 0.1) is 0 Å². The van der Waals surface area contributed by atoms with Gasteiger partial charge in [-0.1, -0.05) is 11.6 Å². The Morgan fingerprint density at radius 2 is 2.44 bits per heavy atom. The number of aliphatic hydroxyl groups excluding tert-OH is 1. The molecule has 0 fully saturated rings. The molecule has 0 bridgehead atoms. The second-order valence-corrected chi connectivity index (χ2v) is 3.93. The van der Waals surface area contributed by atoms with Gasteiger partial charge in [-0.05, 0) is 11.6 Å². The number of hydrogen-bond donors (Lipinski definition) is 2. The first kappa shape index (κ1) is 13.4. The van der Waals surface area contributed by atoms with E-state index in [-0.39, 0.29) is 0 Å². The second-order valence-electron chi connectivity index (χ2n) is 3.52. The summed E-state index contributed by atoms with van der Waals surface area (Å²) in [5.74, 6) is 0. The average Bonchev–Trinajstić information content (AvgIpc) is 2.28. The van der Waals surface area contributed by atoms with Gasteiger partial charge in [-0.15, -0.1) is 0 Å². The molecule has 1 heterocycles. The third-order valence-electron chi connectivity index (χ3n) is 2.17. The van der Waals surface area contributed by atoms with E-state index in [2.05, 4.69) is 10.3 Å². The van der Waals surface area contributed by atoms with Crippen LogP contribution in [-0.2, 0) is 11.2 Å². The molecule has 0 aliphatic carbocycles. The van der Waals surface area contributed by atoms with Crippen molar-refractivity contribution in [2.24, 2.45) is 0 Å². The molecule has 0 aliphatic heterocycles. The molecule has 0 saturated carbocycles. The van der Waals surface area contributed by atoms with Crippen LogP contribution in [0.3, 0.4) is 0 Å². The molecule has 2 N–H and O–H groups in total. The highest BCUT2D eigenvalue weighted by Crippen LogP contribution is 2.14. The number of nitrogens with one attached hydrogen (secondary N) is 1. The number of rotatable bonds is 7. The molecule has 90 valence electrons. The van der Waals surface area contributed by atoms with E-state index < -0.39 is 6.10 Å². The molecule has 16 heavy (non-hydrogen) atoms. The van der Waals surface area contributed by atoms with E-state index in [0.717, 1.165) is 12.1 Å². The Hall–Kier alpha value is -0.680. The fourth-order valence-electron chi connectivity index (χ4n) is 1.34. The van der Waals surface area contributed by atoms with Crippen LogP contribution in [0.25, 0.3) is 0 Å². The molecule has 0 saturated heterocycles. The Morgan fingerprint density at radius 3 is 3.12 bits per heavy atom. The van der Waals surface area contributed by atoms with Gasteiger partial charge in [0.25, 0.3) is 0 Å². The summed E-state index contributed by atoms with van der Waals surface area (Å²) in [7, 11) is 1.65. The number of nitrogens with zero attached hydrogens (tertiary/aromatic N) is 1. The first-order chi connectivity index (χ1) is 7.74. The molecule has 1 atom stereocenters. The highest BCUT2D eigenvalue weighted by Gasteiger charge is 2.07. The molecule has 1 rings (SSSR count). The van der Waals surface area contributed by atoms with Crippen LogP contribution >= 0.6 is 11.6 Å². The van der Waals surface area contributed by atoms with Gasteiger partial charge in [0.05, 0.1) is 17.7 Å². The molecular weight excluding hydrogens is 228 g/mol. The van der Waals surface area contributed by atoms with Crippen LogP contribution < -0.4 is 5.32 Å². The first-order valence-corrected chi connectivity index (χ1v) is 5.58. The lowest BCUT2D eigenvalue weighted by Gasteiger charge is -2.12. The summed E-state index contributed by atoms with van der Waals surface area (Å²) in [6, 6.07) is 1.82. The largest absolute Gasteiger partial charge is 0.391 e. The lowest BCUT2D eigenvalue weighted by atomic mass is 10.1. The summed E-state index contributed by atoms with van der Waals surface area (Å²) in [4.78, 5) is 3.89. The van der Waals surface area contributed by atoms with Crippen molar-refractivity contribution in [3.8, 4) is 0 Å². The molecule has 4 nitrogen and oxygen atoms in total. The molecule has 0 amide bonds. The van der Waals surface area contributed by atoms with Crippen LogP contribution in [0.4, 0.5) is 0 Å². The third kappa shape index (κ3) is 4.90. The fraction of sp³-hybridized carbons (Fsp3) is 0.545. The van der Waals surface area contributed by atoms with Crippen molar-refractivity contribution in [2.75, 3.05) is 26.8 Å². The summed E-state index contributed by atoms with van der Waals surface area (Å²) < 4.78 is 4.89. The number of ether oxygens (including phenoxy) is 1. The van der Waals surface area contributed by atoms with E-state index in [4.69, 9.17) is 16.3 Å². The van der Waals surface area contributed by atoms with Gasteiger partial charge in [-0.25, -0.2) is 0 Å². The molecule has 0 aliphatic rings. The highest BCUT2D eigenvalue weighted by molar-refractivity contribution is 6.31. The number of aromatic nitrogens is 1. The molecule has 0 aromatic carbocycles. The van der Waals surface area contributed by atoms with E-state index in [1.165, 1.54) is 0 Å². The number of pyridine rings is 1. The first-order valence-electron chi connectivity index (χ1n) is 5.20. The van der Waals surface area contributed by atoms with Gasteiger partial charge in [0.15, 0.2) is 0 Å². The zero-order valence-electron chi connectivity index (χ0n) is 9.32. The minimum absolute atomic E-state index is 0.447. The zero-order chi connectivity index (χ0) is 11.8. The SMILES string of the molecule is COCCNCC(O)Cc1ccncc1Cl. The van der Waals surface area contributed by atoms with E-state index in [1.54, 1.807) is 19.5 Å². The normalized spacial score (nSPS) is 12.7. The number of methoxy groups -OCH3 is 1. The maximum absolute atomic E-state index is 9.74. The standard InChI is InChI=1S/C11H17ClN2O2/c1-16-5-4-14-7-10(15)6-9-2-3-13-8-11(9)12/h2-3,8,10,14-15H,4-7H2,1H3. The highest BCUT2D eigenvalue weighted by atomic mass is 35.5. The van der Waals surface area contributed by atoms with Crippen LogP contribution in [0.5, 0.6) is 0 Å². The molecule has 0 radical (unpaired) electrons. The Kier molecular flexibility index (Phi) is 6.33. The lowest BCUT2D eigenvalue weighted by molar-refractivity contribution is 0.160. The van der Waals surface area contributed by atoms with Crippen molar-refractivity contribution in [3.63, 3.8) is 0 Å². The van der Waals surface area contributed by atoms with Crippen LogP contribution in [-0.4, -0.2) is 43.0 Å². The van der Waals surface area contributed by atoms with E-state index in [0.29, 0.717) is 24.6 Å². The van der Waals surface area contributed by atoms with Crippen LogP contribution in [0.2, 0.25) is 5.02 Å². The zero-order valence-corrected chi connectivity index (χ0v) is 10.1. The molecule has 0 spiro atoms. The summed E-state index contributed by atoms with van der Waals surface area (Å²) >= 11 is 5.94. The van der Waals surface area contributed by atoms with Gasteiger partial charge >= 0.3 is 0 Å². The maximum Gasteiger partial charge on any atom is 0.0705 e. The number of halogens is 1. The van der Waals surface area contributed by atoms with Gasteiger partial charge in [0.1, 0.15) is 0 Å². The topological polar surface area (TPSA) is 54.4 Å². The Bertz CT molecular complexity index is 310. The minimum Gasteiger partial charge on any atom is -0.391 e. The van der Waals surface area contributed by atoms with Crippen molar-refractivity contribution in [2.45, 2.75) is 12.5 Å². The Labute approximate surface area is 101 Å². The van der Waals surface area contributed by atoms with E-state index in [9.17, 15) is 5.11 Å². The molecule has 1 unspecified atom stereocenters. The predicted molar refractivity (Wildman–Crippen MR) is 63.7 cm³/mol. The predicted octanol–water partition coefficient (Wildman–Crippen LogP) is 0.874. The minimum atomic E-state index is -0.447. The van der Waals surface area contributed by atoms with Gasteiger partial charge < -0.3 is 15.2 Å². The van der Waals surface area contributed by atoms with Crippen LogP contribution in [0.1, 0.15) is 5.56 Å². The Morgan fingerprint density at radius 1 is 1.62 bits per heavy atom. The van der Waals surface area contributed by atoms with E-state index in [1.807, 2.05) is 6.07 Å². The van der Waals surface area contributed by atoms with Gasteiger partial charge in [0, 0.05) is 39.0 Å². The number of aliphatic hydroxyl groups is 1. The van der Waals surface area contributed by atoms with E-state index >= 15 is 0 Å². The quantitative estimate of drug-likeness (QED) is 0.699. The van der Waals surface area contributed by atoms with Crippen molar-refractivity contribution >= 4 is 11.6 Å². The van der Waals surface area contributed by atoms with Gasteiger partial charge in [0.2, 0.25) is 0 Å². The molecule has 1 aromatic rings. The second kappa shape index (κ2) is 7.57. The maximum atomic E-state index is 9.74. The third-order valence-corrected chi connectivity index (χ3v) is 2.52. The number of hydrogen-bond acceptors (Lipinski definition) is 4. The van der Waals surface area contributed by atoms with Crippen LogP contribution in [0.15, 0.2) is 18.5 Å². The molecular formula is C11H17ClN2O2. The van der Waals surface area contributed by atoms with Crippen molar-refractivity contribution < 1.29 is 9.84 Å². The summed E-state index contributed by atoms with van der Waals surface area (Å²) in [6.45, 7) is 1.91. The van der Waals surface area contributed by atoms with Crippen molar-refractivity contribution in [3.05, 3.63) is 29.0 Å². The Balaban J connectivity index is 2.28. The summed E-state index contributed by atoms with van der Waals surface area (Å²) in [5, 5.41) is 13.4. The molecule has 1 aromatic heterocycles. The van der Waals surface area contributed by atoms with Crippen molar-refractivity contribution in [1.29, 1.82) is 0 Å². The fourth-order valence-corrected chi connectivity index (χ4v) is 1.53. The molecule has 5 heteroatoms. The monoisotopic (exact) mass is 244 g/mol. The smallest absolute Gasteiger partial charge is 0.0705 e. The van der Waals surface area contributed by atoms with Crippen molar-refractivity contribution in [1.82, 2.24) is 10.3 Å². The summed E-state index contributed by atoms with van der Waals surface area (Å²) in [5.41, 5.74) is 0.915. The lowest BCUT2D eigenvalue weighted by Crippen LogP contribution is -2.30. The summed E-state index contributed by atoms with van der Waals surface area (Å²) in [6.07, 6.45) is 3.34. The average molecular weight is 245 g/mol.